The average Bonchev–Trinajstić information content (AvgIpc) is 2.29. The molecule has 0 amide bonds. The fraction of sp³-hybridized carbons (Fsp3) is 0.400. The van der Waals surface area contributed by atoms with Crippen LogP contribution in [0.25, 0.3) is 0 Å². The van der Waals surface area contributed by atoms with E-state index in [1.165, 1.54) is 6.92 Å². The lowest BCUT2D eigenvalue weighted by molar-refractivity contribution is -0.386. The van der Waals surface area contributed by atoms with Crippen molar-refractivity contribution in [3.8, 4) is 0 Å². The molecule has 92 valence electrons. The standard InChI is InChI=1S/C10H11BrN2O4/c1-3-7(14)4-12-5-8(13(16)17)6(2)9(11)10(12)15/h5H,3-4H2,1-2H3. The molecule has 1 heterocycles. The number of Topliss-reactive ketones (excluding diaryl/α,β-unsaturated/α-hetero) is 1. The highest BCUT2D eigenvalue weighted by atomic mass is 79.9. The van der Waals surface area contributed by atoms with E-state index in [-0.39, 0.29) is 34.5 Å². The molecular weight excluding hydrogens is 292 g/mol. The number of carbonyl (C=O) groups excluding carboxylic acids is 1. The molecule has 0 N–H and O–H groups in total. The first-order valence-electron chi connectivity index (χ1n) is 4.94. The smallest absolute Gasteiger partial charge is 0.289 e. The van der Waals surface area contributed by atoms with Crippen molar-refractivity contribution in [1.82, 2.24) is 4.57 Å². The highest BCUT2D eigenvalue weighted by molar-refractivity contribution is 9.10. The molecule has 1 aromatic rings. The lowest BCUT2D eigenvalue weighted by Crippen LogP contribution is -2.25. The van der Waals surface area contributed by atoms with Crippen LogP contribution >= 0.6 is 15.9 Å². The number of rotatable bonds is 4. The van der Waals surface area contributed by atoms with Crippen molar-refractivity contribution in [3.63, 3.8) is 0 Å². The van der Waals surface area contributed by atoms with Gasteiger partial charge in [0.1, 0.15) is 0 Å². The van der Waals surface area contributed by atoms with Crippen molar-refractivity contribution in [3.05, 3.63) is 36.7 Å². The van der Waals surface area contributed by atoms with Gasteiger partial charge in [0.05, 0.1) is 22.1 Å². The molecule has 0 radical (unpaired) electrons. The molecule has 0 aliphatic heterocycles. The Morgan fingerprint density at radius 1 is 1.59 bits per heavy atom. The van der Waals surface area contributed by atoms with E-state index in [1.807, 2.05) is 0 Å². The SMILES string of the molecule is CCC(=O)Cn1cc([N+](=O)[O-])c(C)c(Br)c1=O. The Morgan fingerprint density at radius 3 is 2.65 bits per heavy atom. The van der Waals surface area contributed by atoms with Gasteiger partial charge in [-0.3, -0.25) is 19.7 Å². The van der Waals surface area contributed by atoms with E-state index in [9.17, 15) is 19.7 Å². The number of nitro groups is 1. The third-order valence-electron chi connectivity index (χ3n) is 2.38. The Hall–Kier alpha value is -1.50. The van der Waals surface area contributed by atoms with Crippen LogP contribution in [0.15, 0.2) is 15.5 Å². The lowest BCUT2D eigenvalue weighted by atomic mass is 10.2. The van der Waals surface area contributed by atoms with Gasteiger partial charge in [-0.05, 0) is 22.9 Å². The minimum atomic E-state index is -0.577. The molecule has 0 atom stereocenters. The molecule has 0 aliphatic carbocycles. The molecule has 1 rings (SSSR count). The Kier molecular flexibility index (Phi) is 4.17. The first-order valence-corrected chi connectivity index (χ1v) is 5.73. The van der Waals surface area contributed by atoms with Crippen LogP contribution in [0.2, 0.25) is 0 Å². The quantitative estimate of drug-likeness (QED) is 0.627. The topological polar surface area (TPSA) is 82.2 Å². The second-order valence-corrected chi connectivity index (χ2v) is 4.33. The summed E-state index contributed by atoms with van der Waals surface area (Å²) in [6.07, 6.45) is 1.39. The fourth-order valence-electron chi connectivity index (χ4n) is 1.31. The third-order valence-corrected chi connectivity index (χ3v) is 3.31. The summed E-state index contributed by atoms with van der Waals surface area (Å²) in [5, 5.41) is 10.8. The molecule has 0 bridgehead atoms. The molecule has 0 aromatic carbocycles. The maximum absolute atomic E-state index is 11.8. The Morgan fingerprint density at radius 2 is 2.18 bits per heavy atom. The van der Waals surface area contributed by atoms with Gasteiger partial charge in [-0.25, -0.2) is 0 Å². The molecular formula is C10H11BrN2O4. The number of aromatic nitrogens is 1. The van der Waals surface area contributed by atoms with Gasteiger partial charge in [-0.15, -0.1) is 0 Å². The van der Waals surface area contributed by atoms with E-state index in [2.05, 4.69) is 15.9 Å². The van der Waals surface area contributed by atoms with Gasteiger partial charge in [0, 0.05) is 12.0 Å². The fourth-order valence-corrected chi connectivity index (χ4v) is 1.74. The molecule has 17 heavy (non-hydrogen) atoms. The minimum Gasteiger partial charge on any atom is -0.300 e. The summed E-state index contributed by atoms with van der Waals surface area (Å²) in [5.74, 6) is -0.155. The van der Waals surface area contributed by atoms with E-state index >= 15 is 0 Å². The summed E-state index contributed by atoms with van der Waals surface area (Å²) in [7, 11) is 0. The maximum atomic E-state index is 11.8. The summed E-state index contributed by atoms with van der Waals surface area (Å²) >= 11 is 3.01. The van der Waals surface area contributed by atoms with Crippen LogP contribution in [0.4, 0.5) is 5.69 Å². The third kappa shape index (κ3) is 2.79. The van der Waals surface area contributed by atoms with Gasteiger partial charge in [-0.1, -0.05) is 6.92 Å². The number of hydrogen-bond donors (Lipinski definition) is 0. The molecule has 7 heteroatoms. The van der Waals surface area contributed by atoms with Crippen molar-refractivity contribution >= 4 is 27.4 Å². The molecule has 0 saturated heterocycles. The van der Waals surface area contributed by atoms with Gasteiger partial charge >= 0.3 is 0 Å². The molecule has 0 fully saturated rings. The number of carbonyl (C=O) groups is 1. The Labute approximate surface area is 106 Å². The van der Waals surface area contributed by atoms with Crippen LogP contribution in [0, 0.1) is 17.0 Å². The van der Waals surface area contributed by atoms with E-state index in [0.29, 0.717) is 0 Å². The van der Waals surface area contributed by atoms with Crippen molar-refractivity contribution < 1.29 is 9.72 Å². The van der Waals surface area contributed by atoms with Gasteiger partial charge in [0.15, 0.2) is 5.78 Å². The van der Waals surface area contributed by atoms with Crippen LogP contribution in [0.3, 0.4) is 0 Å². The zero-order valence-corrected chi connectivity index (χ0v) is 11.0. The largest absolute Gasteiger partial charge is 0.300 e. The highest BCUT2D eigenvalue weighted by Crippen LogP contribution is 2.22. The van der Waals surface area contributed by atoms with Gasteiger partial charge in [-0.2, -0.15) is 0 Å². The van der Waals surface area contributed by atoms with Crippen molar-refractivity contribution in [1.29, 1.82) is 0 Å². The number of pyridine rings is 1. The number of ketones is 1. The molecule has 1 aromatic heterocycles. The van der Waals surface area contributed by atoms with Crippen molar-refractivity contribution in [2.75, 3.05) is 0 Å². The van der Waals surface area contributed by atoms with Crippen LogP contribution in [0.1, 0.15) is 18.9 Å². The normalized spacial score (nSPS) is 10.3. The number of nitrogens with zero attached hydrogens (tertiary/aromatic N) is 2. The maximum Gasteiger partial charge on any atom is 0.289 e. The predicted octanol–water partition coefficient (Wildman–Crippen LogP) is 1.81. The summed E-state index contributed by atoms with van der Waals surface area (Å²) in [5.41, 5.74) is -0.351. The summed E-state index contributed by atoms with van der Waals surface area (Å²) in [4.78, 5) is 33.2. The Bertz CT molecular complexity index is 536. The highest BCUT2D eigenvalue weighted by Gasteiger charge is 2.19. The molecule has 0 unspecified atom stereocenters. The van der Waals surface area contributed by atoms with Crippen molar-refractivity contribution in [2.24, 2.45) is 0 Å². The summed E-state index contributed by atoms with van der Waals surface area (Å²) < 4.78 is 1.18. The molecule has 6 nitrogen and oxygen atoms in total. The van der Waals surface area contributed by atoms with Crippen molar-refractivity contribution in [2.45, 2.75) is 26.8 Å². The second kappa shape index (κ2) is 5.22. The van der Waals surface area contributed by atoms with E-state index in [4.69, 9.17) is 0 Å². The van der Waals surface area contributed by atoms with Crippen LogP contribution < -0.4 is 5.56 Å². The first-order chi connectivity index (χ1) is 7.88. The number of halogens is 1. The van der Waals surface area contributed by atoms with Gasteiger partial charge in [0.25, 0.3) is 11.2 Å². The van der Waals surface area contributed by atoms with Gasteiger partial charge in [0.2, 0.25) is 0 Å². The van der Waals surface area contributed by atoms with E-state index in [0.717, 1.165) is 10.8 Å². The van der Waals surface area contributed by atoms with E-state index < -0.39 is 10.5 Å². The summed E-state index contributed by atoms with van der Waals surface area (Å²) in [6.45, 7) is 3.01. The zero-order chi connectivity index (χ0) is 13.2. The van der Waals surface area contributed by atoms with Crippen LogP contribution in [0.5, 0.6) is 0 Å². The van der Waals surface area contributed by atoms with E-state index in [1.54, 1.807) is 6.92 Å². The molecule has 0 aliphatic rings. The minimum absolute atomic E-state index is 0.121. The first kappa shape index (κ1) is 13.6. The van der Waals surface area contributed by atoms with Crippen LogP contribution in [-0.4, -0.2) is 15.3 Å². The summed E-state index contributed by atoms with van der Waals surface area (Å²) in [6, 6.07) is 0. The van der Waals surface area contributed by atoms with Crippen LogP contribution in [-0.2, 0) is 11.3 Å². The lowest BCUT2D eigenvalue weighted by Gasteiger charge is -2.07. The predicted molar refractivity (Wildman–Crippen MR) is 65.1 cm³/mol. The number of hydrogen-bond acceptors (Lipinski definition) is 4. The molecule has 0 spiro atoms. The second-order valence-electron chi connectivity index (χ2n) is 3.54. The molecule has 0 saturated carbocycles. The monoisotopic (exact) mass is 302 g/mol. The zero-order valence-electron chi connectivity index (χ0n) is 9.40. The average molecular weight is 303 g/mol. The van der Waals surface area contributed by atoms with Gasteiger partial charge < -0.3 is 4.57 Å². The Balaban J connectivity index is 3.37.